The average Bonchev–Trinajstić information content (AvgIpc) is 3.13. The number of hydrogen-bond acceptors (Lipinski definition) is 4. The molecule has 0 spiro atoms. The van der Waals surface area contributed by atoms with Crippen molar-refractivity contribution in [1.29, 1.82) is 5.41 Å². The van der Waals surface area contributed by atoms with Crippen LogP contribution >= 0.6 is 0 Å². The highest BCUT2D eigenvalue weighted by atomic mass is 16.5. The SMILES string of the molecule is CCOc1cc2c(cc1C(=O)NC)C(=N)N(CC(=O)c1cccc(-c3ccccc3)c1)C2. The minimum absolute atomic E-state index is 0.0584. The lowest BCUT2D eigenvalue weighted by Crippen LogP contribution is -2.30. The third kappa shape index (κ3) is 4.12. The highest BCUT2D eigenvalue weighted by Gasteiger charge is 2.29. The van der Waals surface area contributed by atoms with Gasteiger partial charge in [-0.1, -0.05) is 48.5 Å². The maximum Gasteiger partial charge on any atom is 0.254 e. The van der Waals surface area contributed by atoms with Gasteiger partial charge in [-0.3, -0.25) is 15.0 Å². The zero-order chi connectivity index (χ0) is 22.7. The van der Waals surface area contributed by atoms with Crippen LogP contribution in [0.5, 0.6) is 5.75 Å². The number of ketones is 1. The molecular weight excluding hydrogens is 402 g/mol. The fourth-order valence-corrected chi connectivity index (χ4v) is 3.92. The highest BCUT2D eigenvalue weighted by molar-refractivity contribution is 6.07. The van der Waals surface area contributed by atoms with Crippen molar-refractivity contribution in [3.8, 4) is 16.9 Å². The summed E-state index contributed by atoms with van der Waals surface area (Å²) in [5, 5.41) is 11.2. The van der Waals surface area contributed by atoms with Crippen LogP contribution in [0.2, 0.25) is 0 Å². The van der Waals surface area contributed by atoms with Crippen molar-refractivity contribution < 1.29 is 14.3 Å². The molecule has 1 amide bonds. The smallest absolute Gasteiger partial charge is 0.254 e. The van der Waals surface area contributed by atoms with Gasteiger partial charge in [-0.25, -0.2) is 0 Å². The summed E-state index contributed by atoms with van der Waals surface area (Å²) in [6, 6.07) is 21.0. The van der Waals surface area contributed by atoms with E-state index in [1.165, 1.54) is 0 Å². The number of nitrogens with zero attached hydrogens (tertiary/aromatic N) is 1. The Morgan fingerprint density at radius 3 is 2.50 bits per heavy atom. The number of hydrogen-bond donors (Lipinski definition) is 2. The van der Waals surface area contributed by atoms with Crippen LogP contribution in [0.3, 0.4) is 0 Å². The molecule has 3 aromatic rings. The number of amidine groups is 1. The highest BCUT2D eigenvalue weighted by Crippen LogP contribution is 2.31. The molecule has 0 saturated carbocycles. The first-order valence-corrected chi connectivity index (χ1v) is 10.6. The molecule has 6 nitrogen and oxygen atoms in total. The van der Waals surface area contributed by atoms with E-state index in [9.17, 15) is 9.59 Å². The lowest BCUT2D eigenvalue weighted by Gasteiger charge is -2.17. The summed E-state index contributed by atoms with van der Waals surface area (Å²) < 4.78 is 5.64. The van der Waals surface area contributed by atoms with Crippen molar-refractivity contribution in [2.75, 3.05) is 20.2 Å². The van der Waals surface area contributed by atoms with E-state index in [0.717, 1.165) is 16.7 Å². The molecule has 0 aromatic heterocycles. The Morgan fingerprint density at radius 2 is 1.78 bits per heavy atom. The molecule has 1 heterocycles. The first-order valence-electron chi connectivity index (χ1n) is 10.6. The molecule has 0 fully saturated rings. The molecule has 32 heavy (non-hydrogen) atoms. The third-order valence-corrected chi connectivity index (χ3v) is 5.54. The van der Waals surface area contributed by atoms with E-state index in [4.69, 9.17) is 10.1 Å². The fourth-order valence-electron chi connectivity index (χ4n) is 3.92. The van der Waals surface area contributed by atoms with Crippen LogP contribution in [0.4, 0.5) is 0 Å². The molecule has 0 atom stereocenters. The van der Waals surface area contributed by atoms with Crippen molar-refractivity contribution in [3.63, 3.8) is 0 Å². The number of benzene rings is 3. The van der Waals surface area contributed by atoms with Crippen LogP contribution in [-0.4, -0.2) is 42.6 Å². The van der Waals surface area contributed by atoms with Gasteiger partial charge in [0.05, 0.1) is 18.7 Å². The summed E-state index contributed by atoms with van der Waals surface area (Å²) in [5.74, 6) is 0.399. The summed E-state index contributed by atoms with van der Waals surface area (Å²) >= 11 is 0. The zero-order valence-electron chi connectivity index (χ0n) is 18.1. The maximum atomic E-state index is 13.0. The van der Waals surface area contributed by atoms with Crippen molar-refractivity contribution >= 4 is 17.5 Å². The van der Waals surface area contributed by atoms with Crippen molar-refractivity contribution in [1.82, 2.24) is 10.2 Å². The first-order chi connectivity index (χ1) is 15.5. The summed E-state index contributed by atoms with van der Waals surface area (Å²) in [6.45, 7) is 2.80. The van der Waals surface area contributed by atoms with Gasteiger partial charge in [0.25, 0.3) is 5.91 Å². The summed E-state index contributed by atoms with van der Waals surface area (Å²) in [4.78, 5) is 27.1. The number of carbonyl (C=O) groups excluding carboxylic acids is 2. The van der Waals surface area contributed by atoms with E-state index >= 15 is 0 Å². The largest absolute Gasteiger partial charge is 0.493 e. The number of rotatable bonds is 7. The van der Waals surface area contributed by atoms with Crippen LogP contribution in [0, 0.1) is 5.41 Å². The normalized spacial score (nSPS) is 12.4. The molecule has 162 valence electrons. The van der Waals surface area contributed by atoms with E-state index in [0.29, 0.717) is 35.6 Å². The van der Waals surface area contributed by atoms with Gasteiger partial charge in [-0.05, 0) is 41.8 Å². The van der Waals surface area contributed by atoms with Crippen LogP contribution in [-0.2, 0) is 6.54 Å². The monoisotopic (exact) mass is 427 g/mol. The van der Waals surface area contributed by atoms with E-state index in [1.807, 2.05) is 55.5 Å². The Labute approximate surface area is 187 Å². The molecule has 0 saturated heterocycles. The first kappa shape index (κ1) is 21.3. The van der Waals surface area contributed by atoms with Gasteiger partial charge < -0.3 is 15.0 Å². The maximum absolute atomic E-state index is 13.0. The van der Waals surface area contributed by atoms with Crippen LogP contribution in [0.15, 0.2) is 66.7 Å². The molecule has 1 aliphatic rings. The fraction of sp³-hybridized carbons (Fsp3) is 0.192. The van der Waals surface area contributed by atoms with Crippen molar-refractivity contribution in [2.24, 2.45) is 0 Å². The Bertz CT molecular complexity index is 1190. The van der Waals surface area contributed by atoms with Gasteiger partial charge in [-0.15, -0.1) is 0 Å². The number of amides is 1. The van der Waals surface area contributed by atoms with Gasteiger partial charge in [0.2, 0.25) is 0 Å². The predicted molar refractivity (Wildman–Crippen MR) is 124 cm³/mol. The summed E-state index contributed by atoms with van der Waals surface area (Å²) in [7, 11) is 1.56. The lowest BCUT2D eigenvalue weighted by molar-refractivity contribution is 0.0953. The molecule has 0 aliphatic carbocycles. The van der Waals surface area contributed by atoms with Crippen LogP contribution < -0.4 is 10.1 Å². The van der Waals surface area contributed by atoms with Crippen LogP contribution in [0.25, 0.3) is 11.1 Å². The van der Waals surface area contributed by atoms with Crippen molar-refractivity contribution in [3.05, 3.63) is 89.0 Å². The summed E-state index contributed by atoms with van der Waals surface area (Å²) in [6.07, 6.45) is 0. The van der Waals surface area contributed by atoms with E-state index in [1.54, 1.807) is 30.1 Å². The number of ether oxygens (including phenoxy) is 1. The van der Waals surface area contributed by atoms with E-state index in [2.05, 4.69) is 5.32 Å². The number of fused-ring (bicyclic) bond motifs is 1. The molecule has 6 heteroatoms. The summed E-state index contributed by atoms with van der Waals surface area (Å²) in [5.41, 5.74) is 4.55. The number of carbonyl (C=O) groups is 2. The molecule has 4 rings (SSSR count). The lowest BCUT2D eigenvalue weighted by atomic mass is 10.0. The topological polar surface area (TPSA) is 82.5 Å². The van der Waals surface area contributed by atoms with Gasteiger partial charge in [0.1, 0.15) is 11.6 Å². The van der Waals surface area contributed by atoms with E-state index < -0.39 is 0 Å². The molecule has 0 radical (unpaired) electrons. The van der Waals surface area contributed by atoms with Crippen molar-refractivity contribution in [2.45, 2.75) is 13.5 Å². The van der Waals surface area contributed by atoms with Crippen LogP contribution in [0.1, 0.15) is 38.8 Å². The second-order valence-electron chi connectivity index (χ2n) is 7.59. The van der Waals surface area contributed by atoms with E-state index in [-0.39, 0.29) is 24.1 Å². The molecule has 3 aromatic carbocycles. The minimum atomic E-state index is -0.267. The second-order valence-corrected chi connectivity index (χ2v) is 7.59. The molecule has 0 unspecified atom stereocenters. The number of nitrogens with one attached hydrogen (secondary N) is 2. The Hall–Kier alpha value is -3.93. The average molecular weight is 428 g/mol. The zero-order valence-corrected chi connectivity index (χ0v) is 18.1. The number of Topliss-reactive ketones (excluding diaryl/α,β-unsaturated/α-hetero) is 1. The molecule has 2 N–H and O–H groups in total. The molecule has 0 bridgehead atoms. The quantitative estimate of drug-likeness (QED) is 0.556. The predicted octanol–water partition coefficient (Wildman–Crippen LogP) is 4.14. The van der Waals surface area contributed by atoms with Gasteiger partial charge in [0, 0.05) is 24.7 Å². The van der Waals surface area contributed by atoms with Gasteiger partial charge in [-0.2, -0.15) is 0 Å². The Kier molecular flexibility index (Phi) is 6.03. The molecular formula is C26H25N3O3. The minimum Gasteiger partial charge on any atom is -0.493 e. The second kappa shape index (κ2) is 9.06. The molecule has 1 aliphatic heterocycles. The Balaban J connectivity index is 1.56. The Morgan fingerprint density at radius 1 is 1.03 bits per heavy atom. The third-order valence-electron chi connectivity index (χ3n) is 5.54. The van der Waals surface area contributed by atoms with Gasteiger partial charge >= 0.3 is 0 Å². The standard InChI is InChI=1S/C26H25N3O3/c1-3-32-24-13-20-15-29(25(27)21(20)14-22(24)26(31)28-2)16-23(30)19-11-7-10-18(12-19)17-8-5-4-6-9-17/h4-14,27H,3,15-16H2,1-2H3,(H,28,31). The van der Waals surface area contributed by atoms with Gasteiger partial charge in [0.15, 0.2) is 5.78 Å².